The molecular weight excluding hydrogens is 278 g/mol. The molecule has 0 amide bonds. The highest BCUT2D eigenvalue weighted by atomic mass is 16.6. The number of hydrogen-bond acceptors (Lipinski definition) is 3. The maximum atomic E-state index is 12.7. The van der Waals surface area contributed by atoms with Crippen LogP contribution >= 0.6 is 0 Å². The van der Waals surface area contributed by atoms with E-state index in [-0.39, 0.29) is 11.6 Å². The standard InChI is InChI=1S/C18H13NO3/c1-2-19-12-6-4-3-5-9(12)10-7-8-11-13(14(10)19)16(21)18-17(22-18)15(11)20/h3-8,17-18H,2H2,1H3. The van der Waals surface area contributed by atoms with Crippen LogP contribution in [0.25, 0.3) is 21.8 Å². The van der Waals surface area contributed by atoms with Crippen molar-refractivity contribution >= 4 is 33.4 Å². The summed E-state index contributed by atoms with van der Waals surface area (Å²) in [6.07, 6.45) is -1.11. The summed E-state index contributed by atoms with van der Waals surface area (Å²) < 4.78 is 7.40. The second-order valence-corrected chi connectivity index (χ2v) is 5.85. The molecule has 2 unspecified atom stereocenters. The largest absolute Gasteiger partial charge is 0.352 e. The van der Waals surface area contributed by atoms with Crippen LogP contribution < -0.4 is 0 Å². The molecular formula is C18H13NO3. The van der Waals surface area contributed by atoms with Crippen LogP contribution in [0.4, 0.5) is 0 Å². The van der Waals surface area contributed by atoms with Gasteiger partial charge in [0.15, 0.2) is 23.8 Å². The Morgan fingerprint density at radius 1 is 1.00 bits per heavy atom. The number of epoxide rings is 1. The Morgan fingerprint density at radius 3 is 2.59 bits per heavy atom. The van der Waals surface area contributed by atoms with Crippen LogP contribution in [0.3, 0.4) is 0 Å². The Kier molecular flexibility index (Phi) is 2.12. The van der Waals surface area contributed by atoms with E-state index in [0.717, 1.165) is 28.4 Å². The highest BCUT2D eigenvalue weighted by molar-refractivity contribution is 6.27. The monoisotopic (exact) mass is 291 g/mol. The number of benzene rings is 2. The van der Waals surface area contributed by atoms with Crippen LogP contribution in [0.5, 0.6) is 0 Å². The molecule has 2 atom stereocenters. The molecule has 1 aliphatic heterocycles. The molecule has 108 valence electrons. The molecule has 0 radical (unpaired) electrons. The van der Waals surface area contributed by atoms with Crippen molar-refractivity contribution in [3.8, 4) is 0 Å². The van der Waals surface area contributed by atoms with Crippen molar-refractivity contribution in [2.24, 2.45) is 0 Å². The first-order valence-electron chi connectivity index (χ1n) is 7.50. The van der Waals surface area contributed by atoms with E-state index in [1.165, 1.54) is 0 Å². The summed E-state index contributed by atoms with van der Waals surface area (Å²) in [4.78, 5) is 25.0. The average Bonchev–Trinajstić information content (AvgIpc) is 3.29. The van der Waals surface area contributed by atoms with E-state index in [9.17, 15) is 9.59 Å². The molecule has 0 N–H and O–H groups in total. The number of rotatable bonds is 1. The minimum Gasteiger partial charge on any atom is -0.352 e. The molecule has 2 aromatic carbocycles. The van der Waals surface area contributed by atoms with Gasteiger partial charge in [-0.25, -0.2) is 0 Å². The Hall–Kier alpha value is -2.46. The van der Waals surface area contributed by atoms with Crippen LogP contribution in [0.2, 0.25) is 0 Å². The lowest BCUT2D eigenvalue weighted by atomic mass is 9.88. The van der Waals surface area contributed by atoms with Crippen molar-refractivity contribution in [2.75, 3.05) is 0 Å². The summed E-state index contributed by atoms with van der Waals surface area (Å²) in [5, 5.41) is 2.14. The van der Waals surface area contributed by atoms with Gasteiger partial charge in [0.1, 0.15) is 0 Å². The topological polar surface area (TPSA) is 51.6 Å². The molecule has 3 aromatic rings. The third-order valence-corrected chi connectivity index (χ3v) is 4.77. The van der Waals surface area contributed by atoms with Gasteiger partial charge in [-0.15, -0.1) is 0 Å². The summed E-state index contributed by atoms with van der Waals surface area (Å²) in [6, 6.07) is 11.8. The zero-order chi connectivity index (χ0) is 15.0. The second kappa shape index (κ2) is 3.84. The van der Waals surface area contributed by atoms with E-state index in [2.05, 4.69) is 23.6 Å². The highest BCUT2D eigenvalue weighted by Gasteiger charge is 2.55. The fourth-order valence-corrected chi connectivity index (χ4v) is 3.74. The van der Waals surface area contributed by atoms with E-state index in [1.807, 2.05) is 18.2 Å². The summed E-state index contributed by atoms with van der Waals surface area (Å²) in [5.41, 5.74) is 3.01. The molecule has 0 spiro atoms. The van der Waals surface area contributed by atoms with Gasteiger partial charge in [0.2, 0.25) is 0 Å². The van der Waals surface area contributed by atoms with E-state index < -0.39 is 12.2 Å². The second-order valence-electron chi connectivity index (χ2n) is 5.85. The lowest BCUT2D eigenvalue weighted by molar-refractivity contribution is 0.0923. The van der Waals surface area contributed by atoms with Crippen molar-refractivity contribution < 1.29 is 14.3 Å². The number of carbonyl (C=O) groups is 2. The Labute approximate surface area is 126 Å². The van der Waals surface area contributed by atoms with Gasteiger partial charge in [0, 0.05) is 28.4 Å². The number of aromatic nitrogens is 1. The van der Waals surface area contributed by atoms with Gasteiger partial charge in [-0.05, 0) is 19.1 Å². The van der Waals surface area contributed by atoms with Crippen LogP contribution in [0, 0.1) is 0 Å². The third kappa shape index (κ3) is 1.27. The predicted molar refractivity (Wildman–Crippen MR) is 82.4 cm³/mol. The number of hydrogen-bond donors (Lipinski definition) is 0. The number of fused-ring (bicyclic) bond motifs is 6. The fourth-order valence-electron chi connectivity index (χ4n) is 3.74. The zero-order valence-electron chi connectivity index (χ0n) is 12.0. The SMILES string of the molecule is CCn1c2ccccc2c2ccc3c(c21)C(=O)C1OC1C3=O. The lowest BCUT2D eigenvalue weighted by Crippen LogP contribution is -2.26. The smallest absolute Gasteiger partial charge is 0.197 e. The Morgan fingerprint density at radius 2 is 1.77 bits per heavy atom. The minimum absolute atomic E-state index is 0.0530. The van der Waals surface area contributed by atoms with Crippen LogP contribution in [0.15, 0.2) is 36.4 Å². The molecule has 1 saturated heterocycles. The molecule has 0 saturated carbocycles. The predicted octanol–water partition coefficient (Wildman–Crippen LogP) is 2.96. The Balaban J connectivity index is 2.01. The van der Waals surface area contributed by atoms with Crippen LogP contribution in [-0.2, 0) is 11.3 Å². The van der Waals surface area contributed by atoms with Crippen LogP contribution in [-0.4, -0.2) is 28.3 Å². The van der Waals surface area contributed by atoms with E-state index in [4.69, 9.17) is 4.74 Å². The minimum atomic E-state index is -0.561. The van der Waals surface area contributed by atoms with E-state index >= 15 is 0 Å². The van der Waals surface area contributed by atoms with E-state index in [0.29, 0.717) is 11.1 Å². The highest BCUT2D eigenvalue weighted by Crippen LogP contribution is 2.41. The molecule has 5 rings (SSSR count). The van der Waals surface area contributed by atoms with Gasteiger partial charge >= 0.3 is 0 Å². The normalized spacial score (nSPS) is 23.0. The van der Waals surface area contributed by atoms with Gasteiger partial charge in [-0.1, -0.05) is 24.3 Å². The van der Waals surface area contributed by atoms with Crippen molar-refractivity contribution in [1.82, 2.24) is 4.57 Å². The summed E-state index contributed by atoms with van der Waals surface area (Å²) in [5.74, 6) is -0.114. The Bertz CT molecular complexity index is 998. The molecule has 2 heterocycles. The van der Waals surface area contributed by atoms with E-state index in [1.54, 1.807) is 6.07 Å². The molecule has 22 heavy (non-hydrogen) atoms. The molecule has 1 aliphatic carbocycles. The number of carbonyl (C=O) groups excluding carboxylic acids is 2. The quantitative estimate of drug-likeness (QED) is 0.648. The number of nitrogens with zero attached hydrogens (tertiary/aromatic N) is 1. The zero-order valence-corrected chi connectivity index (χ0v) is 12.0. The van der Waals surface area contributed by atoms with Gasteiger partial charge < -0.3 is 9.30 Å². The molecule has 1 fully saturated rings. The van der Waals surface area contributed by atoms with Gasteiger partial charge in [0.05, 0.1) is 11.1 Å². The summed E-state index contributed by atoms with van der Waals surface area (Å²) >= 11 is 0. The molecule has 4 heteroatoms. The number of para-hydroxylation sites is 1. The van der Waals surface area contributed by atoms with Crippen molar-refractivity contribution in [1.29, 1.82) is 0 Å². The summed E-state index contributed by atoms with van der Waals surface area (Å²) in [6.45, 7) is 2.80. The first-order chi connectivity index (χ1) is 10.7. The maximum Gasteiger partial charge on any atom is 0.197 e. The molecule has 1 aromatic heterocycles. The summed E-state index contributed by atoms with van der Waals surface area (Å²) in [7, 11) is 0. The molecule has 0 bridgehead atoms. The maximum absolute atomic E-state index is 12.7. The van der Waals surface area contributed by atoms with Gasteiger partial charge in [-0.3, -0.25) is 9.59 Å². The van der Waals surface area contributed by atoms with Gasteiger partial charge in [0.25, 0.3) is 0 Å². The van der Waals surface area contributed by atoms with Crippen molar-refractivity contribution in [2.45, 2.75) is 25.7 Å². The first-order valence-corrected chi connectivity index (χ1v) is 7.50. The van der Waals surface area contributed by atoms with Crippen molar-refractivity contribution in [3.05, 3.63) is 47.5 Å². The first kappa shape index (κ1) is 12.1. The third-order valence-electron chi connectivity index (χ3n) is 4.77. The molecule has 2 aliphatic rings. The number of ether oxygens (including phenoxy) is 1. The number of aryl methyl sites for hydroxylation is 1. The average molecular weight is 291 g/mol. The number of Topliss-reactive ketones (excluding diaryl/α,β-unsaturated/α-hetero) is 2. The lowest BCUT2D eigenvalue weighted by Gasteiger charge is -2.14. The van der Waals surface area contributed by atoms with Crippen molar-refractivity contribution in [3.63, 3.8) is 0 Å². The van der Waals surface area contributed by atoms with Gasteiger partial charge in [-0.2, -0.15) is 0 Å². The molecule has 4 nitrogen and oxygen atoms in total. The van der Waals surface area contributed by atoms with Crippen LogP contribution in [0.1, 0.15) is 27.6 Å². The number of ketones is 2. The fraction of sp³-hybridized carbons (Fsp3) is 0.222.